The average molecular weight is 378 g/mol. The molecule has 3 aromatic rings. The minimum atomic E-state index is 0.142. The molecule has 0 N–H and O–H groups in total. The molecular formula is C16H12BrNOS2. The summed E-state index contributed by atoms with van der Waals surface area (Å²) in [5.41, 5.74) is 2.17. The standard InChI is InChI=1S/C16H12BrNOS2/c1-10-8-16(18-12-5-3-2-4-11(10)12)20-9-13(19)14-6-7-15(17)21-14/h2-8H,9H2,1H3. The van der Waals surface area contributed by atoms with Crippen molar-refractivity contribution in [2.75, 3.05) is 5.75 Å². The fourth-order valence-corrected chi connectivity index (χ4v) is 4.34. The highest BCUT2D eigenvalue weighted by molar-refractivity contribution is 9.11. The number of ketones is 1. The monoisotopic (exact) mass is 377 g/mol. The molecule has 3 rings (SSSR count). The lowest BCUT2D eigenvalue weighted by Crippen LogP contribution is -2.00. The molecule has 106 valence electrons. The molecule has 0 aliphatic heterocycles. The highest BCUT2D eigenvalue weighted by Crippen LogP contribution is 2.27. The molecule has 1 aromatic carbocycles. The molecule has 0 aliphatic carbocycles. The number of aryl methyl sites for hydroxylation is 1. The van der Waals surface area contributed by atoms with Gasteiger partial charge in [0, 0.05) is 5.39 Å². The van der Waals surface area contributed by atoms with E-state index in [0.29, 0.717) is 5.75 Å². The molecule has 0 saturated carbocycles. The maximum absolute atomic E-state index is 12.1. The number of benzene rings is 1. The van der Waals surface area contributed by atoms with Crippen LogP contribution >= 0.6 is 39.0 Å². The fraction of sp³-hybridized carbons (Fsp3) is 0.125. The first kappa shape index (κ1) is 14.8. The van der Waals surface area contributed by atoms with E-state index in [9.17, 15) is 4.79 Å². The second-order valence-electron chi connectivity index (χ2n) is 4.61. The van der Waals surface area contributed by atoms with Gasteiger partial charge in [0.1, 0.15) is 0 Å². The van der Waals surface area contributed by atoms with Crippen molar-refractivity contribution in [2.45, 2.75) is 11.9 Å². The number of pyridine rings is 1. The maximum Gasteiger partial charge on any atom is 0.183 e. The number of rotatable bonds is 4. The van der Waals surface area contributed by atoms with E-state index in [1.54, 1.807) is 0 Å². The van der Waals surface area contributed by atoms with Gasteiger partial charge in [-0.1, -0.05) is 30.0 Å². The van der Waals surface area contributed by atoms with Gasteiger partial charge in [0.2, 0.25) is 0 Å². The highest BCUT2D eigenvalue weighted by Gasteiger charge is 2.10. The van der Waals surface area contributed by atoms with Crippen LogP contribution in [0.1, 0.15) is 15.2 Å². The summed E-state index contributed by atoms with van der Waals surface area (Å²) in [5.74, 6) is 0.556. The largest absolute Gasteiger partial charge is 0.292 e. The van der Waals surface area contributed by atoms with Crippen LogP contribution in [0.2, 0.25) is 0 Å². The molecule has 0 saturated heterocycles. The summed E-state index contributed by atoms with van der Waals surface area (Å²) in [5, 5.41) is 2.06. The topological polar surface area (TPSA) is 30.0 Å². The fourth-order valence-electron chi connectivity index (χ4n) is 2.07. The third kappa shape index (κ3) is 3.36. The van der Waals surface area contributed by atoms with Crippen molar-refractivity contribution in [1.29, 1.82) is 0 Å². The third-order valence-corrected chi connectivity index (χ3v) is 5.67. The first-order valence-corrected chi connectivity index (χ1v) is 9.01. The SMILES string of the molecule is Cc1cc(SCC(=O)c2ccc(Br)s2)nc2ccccc12. The van der Waals surface area contributed by atoms with Crippen LogP contribution < -0.4 is 0 Å². The number of hydrogen-bond donors (Lipinski definition) is 0. The van der Waals surface area contributed by atoms with Gasteiger partial charge < -0.3 is 0 Å². The number of thioether (sulfide) groups is 1. The maximum atomic E-state index is 12.1. The van der Waals surface area contributed by atoms with Crippen molar-refractivity contribution >= 4 is 55.7 Å². The predicted octanol–water partition coefficient (Wildman–Crippen LogP) is 5.34. The lowest BCUT2D eigenvalue weighted by atomic mass is 10.1. The molecule has 0 unspecified atom stereocenters. The zero-order valence-corrected chi connectivity index (χ0v) is 14.5. The van der Waals surface area contributed by atoms with Gasteiger partial charge >= 0.3 is 0 Å². The number of thiophene rings is 1. The minimum absolute atomic E-state index is 0.142. The Labute approximate surface area is 139 Å². The van der Waals surface area contributed by atoms with Crippen LogP contribution in [-0.4, -0.2) is 16.5 Å². The van der Waals surface area contributed by atoms with E-state index in [-0.39, 0.29) is 5.78 Å². The van der Waals surface area contributed by atoms with Gasteiger partial charge in [-0.3, -0.25) is 4.79 Å². The molecule has 5 heteroatoms. The molecule has 0 radical (unpaired) electrons. The van der Waals surface area contributed by atoms with Gasteiger partial charge in [0.25, 0.3) is 0 Å². The Morgan fingerprint density at radius 2 is 2.10 bits per heavy atom. The van der Waals surface area contributed by atoms with E-state index in [1.165, 1.54) is 28.7 Å². The summed E-state index contributed by atoms with van der Waals surface area (Å²) in [4.78, 5) is 17.5. The summed E-state index contributed by atoms with van der Waals surface area (Å²) < 4.78 is 0.982. The first-order chi connectivity index (χ1) is 10.1. The number of fused-ring (bicyclic) bond motifs is 1. The molecular weight excluding hydrogens is 366 g/mol. The van der Waals surface area contributed by atoms with Crippen LogP contribution in [0.3, 0.4) is 0 Å². The Bertz CT molecular complexity index is 813. The zero-order valence-electron chi connectivity index (χ0n) is 11.3. The first-order valence-electron chi connectivity index (χ1n) is 6.41. The van der Waals surface area contributed by atoms with Crippen molar-refractivity contribution in [3.8, 4) is 0 Å². The Morgan fingerprint density at radius 1 is 1.29 bits per heavy atom. The molecule has 0 atom stereocenters. The number of carbonyl (C=O) groups is 1. The van der Waals surface area contributed by atoms with Crippen LogP contribution in [0, 0.1) is 6.92 Å². The van der Waals surface area contributed by atoms with Crippen molar-refractivity contribution in [1.82, 2.24) is 4.98 Å². The smallest absolute Gasteiger partial charge is 0.183 e. The summed E-state index contributed by atoms with van der Waals surface area (Å²) in [6.45, 7) is 2.08. The molecule has 0 spiro atoms. The Morgan fingerprint density at radius 3 is 2.86 bits per heavy atom. The number of halogens is 1. The van der Waals surface area contributed by atoms with Crippen molar-refractivity contribution in [2.24, 2.45) is 0 Å². The summed E-state index contributed by atoms with van der Waals surface area (Å²) in [6.07, 6.45) is 0. The quantitative estimate of drug-likeness (QED) is 0.453. The van der Waals surface area contributed by atoms with Crippen LogP contribution in [0.5, 0.6) is 0 Å². The van der Waals surface area contributed by atoms with E-state index in [1.807, 2.05) is 36.4 Å². The Kier molecular flexibility index (Phi) is 4.42. The zero-order chi connectivity index (χ0) is 14.8. The van der Waals surface area contributed by atoms with Crippen molar-refractivity contribution < 1.29 is 4.79 Å². The van der Waals surface area contributed by atoms with E-state index < -0.39 is 0 Å². The Balaban J connectivity index is 1.77. The molecule has 2 heterocycles. The molecule has 21 heavy (non-hydrogen) atoms. The average Bonchev–Trinajstić information content (AvgIpc) is 2.91. The van der Waals surface area contributed by atoms with E-state index in [0.717, 1.165) is 24.6 Å². The lowest BCUT2D eigenvalue weighted by Gasteiger charge is -2.05. The molecule has 0 aliphatic rings. The molecule has 2 aromatic heterocycles. The van der Waals surface area contributed by atoms with Crippen LogP contribution in [0.15, 0.2) is 51.3 Å². The Hall–Kier alpha value is -1.17. The molecule has 2 nitrogen and oxygen atoms in total. The normalized spacial score (nSPS) is 11.0. The number of nitrogens with zero attached hydrogens (tertiary/aromatic N) is 1. The van der Waals surface area contributed by atoms with Gasteiger partial charge in [-0.05, 0) is 52.7 Å². The second kappa shape index (κ2) is 6.30. The van der Waals surface area contributed by atoms with Crippen LogP contribution in [-0.2, 0) is 0 Å². The van der Waals surface area contributed by atoms with Crippen molar-refractivity contribution in [3.63, 3.8) is 0 Å². The van der Waals surface area contributed by atoms with E-state index in [2.05, 4.69) is 33.9 Å². The summed E-state index contributed by atoms with van der Waals surface area (Å²) >= 11 is 6.34. The number of carbonyl (C=O) groups excluding carboxylic acids is 1. The van der Waals surface area contributed by atoms with Crippen molar-refractivity contribution in [3.05, 3.63) is 56.7 Å². The highest BCUT2D eigenvalue weighted by atomic mass is 79.9. The number of aromatic nitrogens is 1. The number of hydrogen-bond acceptors (Lipinski definition) is 4. The lowest BCUT2D eigenvalue weighted by molar-refractivity contribution is 0.102. The second-order valence-corrected chi connectivity index (χ2v) is 8.07. The predicted molar refractivity (Wildman–Crippen MR) is 93.6 cm³/mol. The number of Topliss-reactive ketones (excluding diaryl/α,β-unsaturated/α-hetero) is 1. The third-order valence-electron chi connectivity index (χ3n) is 3.10. The summed E-state index contributed by atoms with van der Waals surface area (Å²) in [6, 6.07) is 13.9. The molecule has 0 bridgehead atoms. The van der Waals surface area contributed by atoms with Gasteiger partial charge in [0.05, 0.1) is 25.0 Å². The van der Waals surface area contributed by atoms with Crippen LogP contribution in [0.4, 0.5) is 0 Å². The molecule has 0 amide bonds. The van der Waals surface area contributed by atoms with Gasteiger partial charge in [-0.25, -0.2) is 4.98 Å². The van der Waals surface area contributed by atoms with Gasteiger partial charge in [-0.2, -0.15) is 0 Å². The van der Waals surface area contributed by atoms with Crippen LogP contribution in [0.25, 0.3) is 10.9 Å². The van der Waals surface area contributed by atoms with Gasteiger partial charge in [0.15, 0.2) is 5.78 Å². The minimum Gasteiger partial charge on any atom is -0.292 e. The van der Waals surface area contributed by atoms with E-state index in [4.69, 9.17) is 0 Å². The molecule has 0 fully saturated rings. The number of para-hydroxylation sites is 1. The van der Waals surface area contributed by atoms with Gasteiger partial charge in [-0.15, -0.1) is 11.3 Å². The summed E-state index contributed by atoms with van der Waals surface area (Å²) in [7, 11) is 0. The van der Waals surface area contributed by atoms with E-state index >= 15 is 0 Å².